The predicted molar refractivity (Wildman–Crippen MR) is 73.6 cm³/mol. The average molecular weight is 272 g/mol. The van der Waals surface area contributed by atoms with Crippen LogP contribution in [0, 0.1) is 0 Å². The molecular formula is C12H18ClN3O2. The minimum Gasteiger partial charge on any atom is -0.409 e. The van der Waals surface area contributed by atoms with Crippen LogP contribution in [0.25, 0.3) is 0 Å². The van der Waals surface area contributed by atoms with Gasteiger partial charge in [-0.15, -0.1) is 0 Å². The molecule has 18 heavy (non-hydrogen) atoms. The van der Waals surface area contributed by atoms with Crippen molar-refractivity contribution in [1.29, 1.82) is 0 Å². The number of aliphatic hydroxyl groups excluding tert-OH is 1. The van der Waals surface area contributed by atoms with Crippen molar-refractivity contribution < 1.29 is 10.3 Å². The van der Waals surface area contributed by atoms with Gasteiger partial charge in [-0.05, 0) is 31.5 Å². The number of anilines is 1. The fourth-order valence-electron chi connectivity index (χ4n) is 1.69. The lowest BCUT2D eigenvalue weighted by Gasteiger charge is -2.24. The SMILES string of the molecule is CCN(CCCO)c1ccc(/C(N)=N/O)cc1Cl. The zero-order valence-corrected chi connectivity index (χ0v) is 11.1. The summed E-state index contributed by atoms with van der Waals surface area (Å²) in [7, 11) is 0. The Morgan fingerprint density at radius 2 is 2.22 bits per heavy atom. The molecular weight excluding hydrogens is 254 g/mol. The lowest BCUT2D eigenvalue weighted by atomic mass is 10.1. The van der Waals surface area contributed by atoms with Crippen molar-refractivity contribution in [2.24, 2.45) is 10.9 Å². The minimum atomic E-state index is 0.0295. The van der Waals surface area contributed by atoms with E-state index in [0.717, 1.165) is 18.8 Å². The summed E-state index contributed by atoms with van der Waals surface area (Å²) >= 11 is 6.19. The first kappa shape index (κ1) is 14.6. The highest BCUT2D eigenvalue weighted by Crippen LogP contribution is 2.27. The van der Waals surface area contributed by atoms with Gasteiger partial charge in [0.15, 0.2) is 5.84 Å². The van der Waals surface area contributed by atoms with Crippen LogP contribution in [0.4, 0.5) is 5.69 Å². The van der Waals surface area contributed by atoms with Crippen molar-refractivity contribution in [3.63, 3.8) is 0 Å². The smallest absolute Gasteiger partial charge is 0.170 e. The molecule has 4 N–H and O–H groups in total. The first-order chi connectivity index (χ1) is 8.63. The number of hydrogen-bond donors (Lipinski definition) is 3. The van der Waals surface area contributed by atoms with Gasteiger partial charge >= 0.3 is 0 Å². The van der Waals surface area contributed by atoms with Gasteiger partial charge in [-0.3, -0.25) is 0 Å². The molecule has 0 radical (unpaired) electrons. The summed E-state index contributed by atoms with van der Waals surface area (Å²) in [6.45, 7) is 3.69. The molecule has 0 saturated heterocycles. The summed E-state index contributed by atoms with van der Waals surface area (Å²) < 4.78 is 0. The molecule has 0 unspecified atom stereocenters. The molecule has 0 atom stereocenters. The normalized spacial score (nSPS) is 11.6. The fraction of sp³-hybridized carbons (Fsp3) is 0.417. The van der Waals surface area contributed by atoms with Crippen molar-refractivity contribution in [3.8, 4) is 0 Å². The topological polar surface area (TPSA) is 82.1 Å². The van der Waals surface area contributed by atoms with Crippen LogP contribution in [-0.4, -0.2) is 35.8 Å². The third-order valence-corrected chi connectivity index (χ3v) is 2.96. The third kappa shape index (κ3) is 3.51. The first-order valence-electron chi connectivity index (χ1n) is 5.77. The Labute approximate surface area is 111 Å². The third-order valence-electron chi connectivity index (χ3n) is 2.66. The summed E-state index contributed by atoms with van der Waals surface area (Å²) in [6, 6.07) is 5.24. The van der Waals surface area contributed by atoms with E-state index in [9.17, 15) is 0 Å². The Hall–Kier alpha value is -1.46. The van der Waals surface area contributed by atoms with Crippen molar-refractivity contribution in [3.05, 3.63) is 28.8 Å². The monoisotopic (exact) mass is 271 g/mol. The maximum atomic E-state index is 8.86. The van der Waals surface area contributed by atoms with Gasteiger partial charge in [0, 0.05) is 25.3 Å². The predicted octanol–water partition coefficient (Wildman–Crippen LogP) is 1.64. The lowest BCUT2D eigenvalue weighted by molar-refractivity contribution is 0.289. The molecule has 5 nitrogen and oxygen atoms in total. The van der Waals surface area contributed by atoms with Crippen molar-refractivity contribution in [2.75, 3.05) is 24.6 Å². The van der Waals surface area contributed by atoms with Gasteiger partial charge < -0.3 is 20.9 Å². The van der Waals surface area contributed by atoms with Crippen LogP contribution in [0.5, 0.6) is 0 Å². The zero-order chi connectivity index (χ0) is 13.5. The van der Waals surface area contributed by atoms with Gasteiger partial charge in [-0.25, -0.2) is 0 Å². The maximum absolute atomic E-state index is 8.86. The Morgan fingerprint density at radius 3 is 2.72 bits per heavy atom. The number of nitrogens with zero attached hydrogens (tertiary/aromatic N) is 2. The van der Waals surface area contributed by atoms with Gasteiger partial charge in [0.05, 0.1) is 10.7 Å². The number of amidine groups is 1. The molecule has 0 fully saturated rings. The Bertz CT molecular complexity index is 424. The molecule has 0 amide bonds. The van der Waals surface area contributed by atoms with E-state index in [4.69, 9.17) is 27.6 Å². The molecule has 1 aromatic rings. The van der Waals surface area contributed by atoms with Crippen molar-refractivity contribution in [1.82, 2.24) is 0 Å². The molecule has 100 valence electrons. The molecule has 6 heteroatoms. The summed E-state index contributed by atoms with van der Waals surface area (Å²) in [5.41, 5.74) is 6.95. The van der Waals surface area contributed by atoms with Crippen LogP contribution in [0.15, 0.2) is 23.4 Å². The number of hydrogen-bond acceptors (Lipinski definition) is 4. The van der Waals surface area contributed by atoms with Crippen LogP contribution in [0.2, 0.25) is 5.02 Å². The summed E-state index contributed by atoms with van der Waals surface area (Å²) in [5.74, 6) is 0.0295. The standard InChI is InChI=1S/C12H18ClN3O2/c1-2-16(6-3-7-17)11-5-4-9(8-10(11)13)12(14)15-18/h4-5,8,17-18H,2-3,6-7H2,1H3,(H2,14,15). The van der Waals surface area contributed by atoms with Crippen LogP contribution in [0.1, 0.15) is 18.9 Å². The second-order valence-electron chi connectivity index (χ2n) is 3.81. The number of oxime groups is 1. The van der Waals surface area contributed by atoms with Crippen LogP contribution in [0.3, 0.4) is 0 Å². The molecule has 0 aromatic heterocycles. The highest BCUT2D eigenvalue weighted by molar-refractivity contribution is 6.33. The summed E-state index contributed by atoms with van der Waals surface area (Å²) in [5, 5.41) is 20.9. The van der Waals surface area contributed by atoms with E-state index in [1.165, 1.54) is 0 Å². The maximum Gasteiger partial charge on any atom is 0.170 e. The molecule has 0 aliphatic heterocycles. The van der Waals surface area contributed by atoms with Crippen LogP contribution >= 0.6 is 11.6 Å². The Balaban J connectivity index is 2.96. The summed E-state index contributed by atoms with van der Waals surface area (Å²) in [4.78, 5) is 2.06. The van der Waals surface area contributed by atoms with E-state index in [1.54, 1.807) is 12.1 Å². The summed E-state index contributed by atoms with van der Waals surface area (Å²) in [6.07, 6.45) is 0.687. The van der Waals surface area contributed by atoms with Gasteiger partial charge in [0.25, 0.3) is 0 Å². The Kier molecular flexibility index (Phi) is 5.74. The highest BCUT2D eigenvalue weighted by Gasteiger charge is 2.10. The molecule has 1 aromatic carbocycles. The number of nitrogens with two attached hydrogens (primary N) is 1. The van der Waals surface area contributed by atoms with Crippen LogP contribution < -0.4 is 10.6 Å². The number of benzene rings is 1. The second-order valence-corrected chi connectivity index (χ2v) is 4.22. The van der Waals surface area contributed by atoms with E-state index in [2.05, 4.69) is 10.1 Å². The van der Waals surface area contributed by atoms with E-state index in [0.29, 0.717) is 17.0 Å². The quantitative estimate of drug-likeness (QED) is 0.318. The van der Waals surface area contributed by atoms with E-state index in [1.807, 2.05) is 13.0 Å². The van der Waals surface area contributed by atoms with E-state index >= 15 is 0 Å². The highest BCUT2D eigenvalue weighted by atomic mass is 35.5. The zero-order valence-electron chi connectivity index (χ0n) is 10.3. The van der Waals surface area contributed by atoms with Gasteiger partial charge in [-0.2, -0.15) is 0 Å². The largest absolute Gasteiger partial charge is 0.409 e. The molecule has 0 spiro atoms. The molecule has 0 aliphatic rings. The van der Waals surface area contributed by atoms with Crippen molar-refractivity contribution >= 4 is 23.1 Å². The number of halogens is 1. The molecule has 0 aliphatic carbocycles. The Morgan fingerprint density at radius 1 is 1.50 bits per heavy atom. The van der Waals surface area contributed by atoms with Gasteiger partial charge in [0.2, 0.25) is 0 Å². The average Bonchev–Trinajstić information content (AvgIpc) is 2.40. The van der Waals surface area contributed by atoms with Crippen LogP contribution in [-0.2, 0) is 0 Å². The van der Waals surface area contributed by atoms with Crippen molar-refractivity contribution in [2.45, 2.75) is 13.3 Å². The fourth-order valence-corrected chi connectivity index (χ4v) is 1.99. The molecule has 1 rings (SSSR count). The molecule has 0 saturated carbocycles. The second kappa shape index (κ2) is 7.08. The molecule has 0 bridgehead atoms. The molecule has 0 heterocycles. The van der Waals surface area contributed by atoms with E-state index < -0.39 is 0 Å². The number of aliphatic hydroxyl groups is 1. The van der Waals surface area contributed by atoms with E-state index in [-0.39, 0.29) is 12.4 Å². The lowest BCUT2D eigenvalue weighted by Crippen LogP contribution is -2.25. The van der Waals surface area contributed by atoms with Gasteiger partial charge in [-0.1, -0.05) is 16.8 Å². The van der Waals surface area contributed by atoms with Gasteiger partial charge in [0.1, 0.15) is 0 Å². The number of rotatable bonds is 6. The minimum absolute atomic E-state index is 0.0295. The first-order valence-corrected chi connectivity index (χ1v) is 6.15.